The first-order valence-corrected chi connectivity index (χ1v) is 12.7. The molecule has 0 aliphatic rings. The summed E-state index contributed by atoms with van der Waals surface area (Å²) in [6.07, 6.45) is -0.160. The Morgan fingerprint density at radius 2 is 1.46 bits per heavy atom. The van der Waals surface area contributed by atoms with Gasteiger partial charge in [-0.05, 0) is 83.0 Å². The highest BCUT2D eigenvalue weighted by molar-refractivity contribution is 6.30. The lowest BCUT2D eigenvalue weighted by atomic mass is 10.1. The number of carbonyl (C=O) groups excluding carboxylic acids is 4. The van der Waals surface area contributed by atoms with Crippen molar-refractivity contribution in [3.63, 3.8) is 0 Å². The summed E-state index contributed by atoms with van der Waals surface area (Å²) in [5, 5.41) is 5.85. The molecule has 0 fully saturated rings. The molecule has 0 spiro atoms. The van der Waals surface area contributed by atoms with E-state index in [1.807, 2.05) is 12.1 Å². The summed E-state index contributed by atoms with van der Waals surface area (Å²) >= 11 is 5.84. The highest BCUT2D eigenvalue weighted by Crippen LogP contribution is 2.20. The Bertz CT molecular complexity index is 1130. The van der Waals surface area contributed by atoms with E-state index in [9.17, 15) is 19.2 Å². The van der Waals surface area contributed by atoms with E-state index in [-0.39, 0.29) is 18.9 Å². The van der Waals surface area contributed by atoms with Crippen LogP contribution < -0.4 is 15.4 Å². The van der Waals surface area contributed by atoms with Gasteiger partial charge in [-0.3, -0.25) is 9.59 Å². The van der Waals surface area contributed by atoms with E-state index in [4.69, 9.17) is 30.5 Å². The summed E-state index contributed by atoms with van der Waals surface area (Å²) in [7, 11) is 0. The largest absolute Gasteiger partial charge is 0.476 e. The number of rotatable bonds is 12. The quantitative estimate of drug-likeness (QED) is 0.287. The zero-order valence-corrected chi connectivity index (χ0v) is 23.6. The Labute approximate surface area is 233 Å². The van der Waals surface area contributed by atoms with Crippen LogP contribution in [0.25, 0.3) is 0 Å². The van der Waals surface area contributed by atoms with Crippen LogP contribution in [-0.2, 0) is 30.2 Å². The number of esters is 2. The lowest BCUT2D eigenvalue weighted by molar-refractivity contribution is -0.177. The van der Waals surface area contributed by atoms with Crippen molar-refractivity contribution in [2.45, 2.75) is 58.7 Å². The Morgan fingerprint density at radius 1 is 0.821 bits per heavy atom. The predicted molar refractivity (Wildman–Crippen MR) is 145 cm³/mol. The van der Waals surface area contributed by atoms with E-state index < -0.39 is 36.0 Å². The number of halogens is 1. The molecule has 212 valence electrons. The predicted octanol–water partition coefficient (Wildman–Crippen LogP) is 4.43. The van der Waals surface area contributed by atoms with Gasteiger partial charge in [-0.15, -0.1) is 0 Å². The van der Waals surface area contributed by atoms with Crippen LogP contribution in [0.2, 0.25) is 5.02 Å². The van der Waals surface area contributed by atoms with Crippen molar-refractivity contribution in [2.24, 2.45) is 0 Å². The monoisotopic (exact) mass is 562 g/mol. The molecule has 2 rings (SSSR count). The Hall–Kier alpha value is -3.79. The molecule has 0 atom stereocenters. The number of benzene rings is 2. The van der Waals surface area contributed by atoms with Crippen LogP contribution >= 0.6 is 11.6 Å². The summed E-state index contributed by atoms with van der Waals surface area (Å²) in [5.41, 5.74) is -0.499. The Balaban J connectivity index is 1.69. The van der Waals surface area contributed by atoms with Gasteiger partial charge in [0, 0.05) is 23.7 Å². The van der Waals surface area contributed by atoms with E-state index in [1.54, 1.807) is 57.2 Å². The van der Waals surface area contributed by atoms with Crippen molar-refractivity contribution in [1.82, 2.24) is 10.6 Å². The molecule has 2 N–H and O–H groups in total. The molecule has 2 amide bonds. The molecule has 0 bridgehead atoms. The van der Waals surface area contributed by atoms with Gasteiger partial charge >= 0.3 is 18.0 Å². The average molecular weight is 563 g/mol. The molecule has 0 saturated carbocycles. The highest BCUT2D eigenvalue weighted by atomic mass is 35.5. The van der Waals surface area contributed by atoms with Crippen molar-refractivity contribution >= 4 is 35.5 Å². The fourth-order valence-corrected chi connectivity index (χ4v) is 3.19. The number of hydrogen-bond acceptors (Lipinski definition) is 8. The minimum absolute atomic E-state index is 0.0149. The standard InChI is InChI=1S/C28H35ClN2O8/c1-27(2,3)39-26(35)31-17-15-23(32)36-18-37-25(34)28(4,5)38-22-12-6-19(7-13-22)14-16-30-24(33)20-8-10-21(29)11-9-20/h6-13H,14-18H2,1-5H3,(H,30,33)(H,31,35). The van der Waals surface area contributed by atoms with Crippen LogP contribution in [0, 0.1) is 0 Å². The molecular formula is C28H35ClN2O8. The molecule has 0 saturated heterocycles. The second kappa shape index (κ2) is 14.4. The normalized spacial score (nSPS) is 11.2. The highest BCUT2D eigenvalue weighted by Gasteiger charge is 2.32. The maximum Gasteiger partial charge on any atom is 0.407 e. The van der Waals surface area contributed by atoms with Gasteiger partial charge < -0.3 is 29.6 Å². The molecule has 0 heterocycles. The molecule has 0 aromatic heterocycles. The van der Waals surface area contributed by atoms with Crippen molar-refractivity contribution in [3.05, 3.63) is 64.7 Å². The van der Waals surface area contributed by atoms with E-state index >= 15 is 0 Å². The molecule has 11 heteroatoms. The van der Waals surface area contributed by atoms with Crippen molar-refractivity contribution in [2.75, 3.05) is 19.9 Å². The molecule has 10 nitrogen and oxygen atoms in total. The van der Waals surface area contributed by atoms with Crippen molar-refractivity contribution in [1.29, 1.82) is 0 Å². The first-order chi connectivity index (χ1) is 18.2. The zero-order valence-electron chi connectivity index (χ0n) is 22.8. The molecular weight excluding hydrogens is 528 g/mol. The third-order valence-corrected chi connectivity index (χ3v) is 5.25. The average Bonchev–Trinajstić information content (AvgIpc) is 2.84. The molecule has 0 aliphatic heterocycles. The van der Waals surface area contributed by atoms with Gasteiger partial charge in [0.2, 0.25) is 6.79 Å². The second-order valence-electron chi connectivity index (χ2n) is 10.0. The number of carbonyl (C=O) groups is 4. The third-order valence-electron chi connectivity index (χ3n) is 5.00. The van der Waals surface area contributed by atoms with Gasteiger partial charge in [-0.25, -0.2) is 9.59 Å². The van der Waals surface area contributed by atoms with E-state index in [0.717, 1.165) is 5.56 Å². The van der Waals surface area contributed by atoms with Crippen LogP contribution in [0.15, 0.2) is 48.5 Å². The Kier molecular flexibility index (Phi) is 11.6. The second-order valence-corrected chi connectivity index (χ2v) is 10.5. The summed E-state index contributed by atoms with van der Waals surface area (Å²) in [4.78, 5) is 48.0. The van der Waals surface area contributed by atoms with Crippen LogP contribution in [0.4, 0.5) is 4.79 Å². The summed E-state index contributed by atoms with van der Waals surface area (Å²) in [6, 6.07) is 13.7. The molecule has 39 heavy (non-hydrogen) atoms. The van der Waals surface area contributed by atoms with Gasteiger partial charge in [0.1, 0.15) is 11.4 Å². The minimum Gasteiger partial charge on any atom is -0.476 e. The number of alkyl carbamates (subject to hydrolysis) is 1. The first-order valence-electron chi connectivity index (χ1n) is 12.4. The lowest BCUT2D eigenvalue weighted by Gasteiger charge is -2.24. The fourth-order valence-electron chi connectivity index (χ4n) is 3.06. The van der Waals surface area contributed by atoms with Crippen molar-refractivity contribution in [3.8, 4) is 5.75 Å². The molecule has 0 aliphatic carbocycles. The number of amides is 2. The number of ether oxygens (including phenoxy) is 4. The van der Waals surface area contributed by atoms with Gasteiger partial charge in [0.05, 0.1) is 6.42 Å². The smallest absolute Gasteiger partial charge is 0.407 e. The van der Waals surface area contributed by atoms with Crippen LogP contribution in [0.3, 0.4) is 0 Å². The van der Waals surface area contributed by atoms with Gasteiger partial charge in [-0.1, -0.05) is 23.7 Å². The van der Waals surface area contributed by atoms with Crippen LogP contribution in [0.5, 0.6) is 5.75 Å². The summed E-state index contributed by atoms with van der Waals surface area (Å²) in [5.74, 6) is -1.13. The minimum atomic E-state index is -1.35. The topological polar surface area (TPSA) is 129 Å². The van der Waals surface area contributed by atoms with Crippen molar-refractivity contribution < 1.29 is 38.1 Å². The first kappa shape index (κ1) is 31.4. The van der Waals surface area contributed by atoms with Gasteiger partial charge in [0.25, 0.3) is 5.91 Å². The summed E-state index contributed by atoms with van der Waals surface area (Å²) < 4.78 is 20.7. The van der Waals surface area contributed by atoms with E-state index in [2.05, 4.69) is 10.6 Å². The third kappa shape index (κ3) is 12.1. The number of nitrogens with one attached hydrogen (secondary N) is 2. The molecule has 2 aromatic rings. The molecule has 0 radical (unpaired) electrons. The lowest BCUT2D eigenvalue weighted by Crippen LogP contribution is -2.40. The van der Waals surface area contributed by atoms with Gasteiger partial charge in [-0.2, -0.15) is 0 Å². The molecule has 0 unspecified atom stereocenters. The summed E-state index contributed by atoms with van der Waals surface area (Å²) in [6.45, 7) is 8.11. The molecule has 2 aromatic carbocycles. The van der Waals surface area contributed by atoms with E-state index in [0.29, 0.717) is 29.3 Å². The van der Waals surface area contributed by atoms with Crippen LogP contribution in [-0.4, -0.2) is 55.0 Å². The Morgan fingerprint density at radius 3 is 2.08 bits per heavy atom. The fraction of sp³-hybridized carbons (Fsp3) is 0.429. The number of hydrogen-bond donors (Lipinski definition) is 2. The zero-order chi connectivity index (χ0) is 29.1. The van der Waals surface area contributed by atoms with Crippen LogP contribution in [0.1, 0.15) is 57.0 Å². The SMILES string of the molecule is CC(C)(C)OC(=O)NCCC(=O)OCOC(=O)C(C)(C)Oc1ccc(CCNC(=O)c2ccc(Cl)cc2)cc1. The van der Waals surface area contributed by atoms with E-state index in [1.165, 1.54) is 13.8 Å². The maximum atomic E-state index is 12.4. The van der Waals surface area contributed by atoms with Gasteiger partial charge in [0.15, 0.2) is 5.60 Å². The maximum absolute atomic E-state index is 12.4.